The van der Waals surface area contributed by atoms with Crippen molar-refractivity contribution in [1.82, 2.24) is 15.1 Å². The van der Waals surface area contributed by atoms with Gasteiger partial charge in [0.2, 0.25) is 0 Å². The summed E-state index contributed by atoms with van der Waals surface area (Å²) in [5.74, 6) is 0.613. The fourth-order valence-electron chi connectivity index (χ4n) is 3.63. The summed E-state index contributed by atoms with van der Waals surface area (Å²) < 4.78 is 1.91. The molecule has 6 heteroatoms. The first kappa shape index (κ1) is 22.4. The van der Waals surface area contributed by atoms with Crippen molar-refractivity contribution < 1.29 is 4.79 Å². The van der Waals surface area contributed by atoms with Gasteiger partial charge in [0.25, 0.3) is 5.91 Å². The van der Waals surface area contributed by atoms with E-state index in [1.54, 1.807) is 11.8 Å². The van der Waals surface area contributed by atoms with Crippen molar-refractivity contribution in [3.05, 3.63) is 113 Å². The van der Waals surface area contributed by atoms with E-state index >= 15 is 0 Å². The van der Waals surface area contributed by atoms with Crippen molar-refractivity contribution in [3.8, 4) is 11.8 Å². The van der Waals surface area contributed by atoms with Crippen LogP contribution in [-0.4, -0.2) is 15.7 Å². The van der Waals surface area contributed by atoms with Crippen LogP contribution in [0.5, 0.6) is 0 Å². The normalized spacial score (nSPS) is 10.6. The number of amides is 1. The zero-order chi connectivity index (χ0) is 23.2. The van der Waals surface area contributed by atoms with Gasteiger partial charge in [-0.1, -0.05) is 42.5 Å². The molecule has 0 atom stereocenters. The third-order valence-corrected chi connectivity index (χ3v) is 6.62. The minimum atomic E-state index is -0.107. The average Bonchev–Trinajstić information content (AvgIpc) is 3.15. The van der Waals surface area contributed by atoms with Crippen molar-refractivity contribution in [2.45, 2.75) is 31.0 Å². The zero-order valence-corrected chi connectivity index (χ0v) is 19.4. The molecular formula is C27H24N4OS. The molecule has 4 aromatic rings. The second-order valence-electron chi connectivity index (χ2n) is 7.67. The molecule has 0 saturated carbocycles. The number of nitrogens with zero attached hydrogens (tertiary/aromatic N) is 3. The second kappa shape index (κ2) is 10.2. The average molecular weight is 453 g/mol. The standard InChI is InChI=1S/C27H24N4OS/c1-19-25(20(2)31(30-19)23-8-4-3-5-9-23)17-29-27(32)24-10-6-7-11-26(24)33-18-22-14-12-21(16-28)13-15-22/h3-15H,17-18H2,1-2H3,(H,29,32). The van der Waals surface area contributed by atoms with E-state index in [2.05, 4.69) is 16.5 Å². The number of nitriles is 1. The number of nitrogens with one attached hydrogen (secondary N) is 1. The summed E-state index contributed by atoms with van der Waals surface area (Å²) in [6.07, 6.45) is 0. The minimum Gasteiger partial charge on any atom is -0.348 e. The van der Waals surface area contributed by atoms with Crippen LogP contribution in [0.2, 0.25) is 0 Å². The number of hydrogen-bond acceptors (Lipinski definition) is 4. The van der Waals surface area contributed by atoms with E-state index in [0.29, 0.717) is 17.7 Å². The highest BCUT2D eigenvalue weighted by Crippen LogP contribution is 2.27. The van der Waals surface area contributed by atoms with Crippen LogP contribution in [0.15, 0.2) is 83.8 Å². The van der Waals surface area contributed by atoms with E-state index < -0.39 is 0 Å². The third kappa shape index (κ3) is 5.16. The Labute approximate surface area is 198 Å². The predicted molar refractivity (Wildman–Crippen MR) is 131 cm³/mol. The van der Waals surface area contributed by atoms with E-state index in [-0.39, 0.29) is 5.91 Å². The molecule has 33 heavy (non-hydrogen) atoms. The molecule has 0 saturated heterocycles. The Morgan fingerprint density at radius 1 is 1.00 bits per heavy atom. The monoisotopic (exact) mass is 452 g/mol. The molecule has 0 aliphatic carbocycles. The molecule has 0 bridgehead atoms. The number of rotatable bonds is 7. The number of para-hydroxylation sites is 1. The van der Waals surface area contributed by atoms with Crippen LogP contribution >= 0.6 is 11.8 Å². The molecular weight excluding hydrogens is 428 g/mol. The van der Waals surface area contributed by atoms with Crippen LogP contribution in [0.3, 0.4) is 0 Å². The Morgan fingerprint density at radius 2 is 1.70 bits per heavy atom. The Balaban J connectivity index is 1.45. The summed E-state index contributed by atoms with van der Waals surface area (Å²) >= 11 is 1.61. The Hall–Kier alpha value is -3.82. The van der Waals surface area contributed by atoms with Gasteiger partial charge in [-0.05, 0) is 55.8 Å². The van der Waals surface area contributed by atoms with Crippen LogP contribution in [0, 0.1) is 25.2 Å². The SMILES string of the molecule is Cc1nn(-c2ccccc2)c(C)c1CNC(=O)c1ccccc1SCc1ccc(C#N)cc1. The largest absolute Gasteiger partial charge is 0.348 e. The lowest BCUT2D eigenvalue weighted by atomic mass is 10.1. The van der Waals surface area contributed by atoms with E-state index in [0.717, 1.165) is 38.9 Å². The molecule has 0 unspecified atom stereocenters. The van der Waals surface area contributed by atoms with E-state index in [1.807, 2.05) is 97.4 Å². The fraction of sp³-hybridized carbons (Fsp3) is 0.148. The van der Waals surface area contributed by atoms with Gasteiger partial charge in [-0.25, -0.2) is 4.68 Å². The summed E-state index contributed by atoms with van der Waals surface area (Å²) in [7, 11) is 0. The number of hydrogen-bond donors (Lipinski definition) is 1. The Morgan fingerprint density at radius 3 is 2.42 bits per heavy atom. The maximum absolute atomic E-state index is 13.0. The number of carbonyl (C=O) groups excluding carboxylic acids is 1. The van der Waals surface area contributed by atoms with Gasteiger partial charge in [-0.2, -0.15) is 10.4 Å². The maximum Gasteiger partial charge on any atom is 0.252 e. The maximum atomic E-state index is 13.0. The van der Waals surface area contributed by atoms with Crippen LogP contribution in [0.1, 0.15) is 38.4 Å². The molecule has 0 radical (unpaired) electrons. The number of benzene rings is 3. The summed E-state index contributed by atoms with van der Waals surface area (Å²) in [5.41, 5.74) is 6.35. The van der Waals surface area contributed by atoms with Crippen molar-refractivity contribution in [2.24, 2.45) is 0 Å². The number of aromatic nitrogens is 2. The highest BCUT2D eigenvalue weighted by Gasteiger charge is 2.16. The molecule has 1 heterocycles. The van der Waals surface area contributed by atoms with Crippen LogP contribution in [0.4, 0.5) is 0 Å². The molecule has 0 spiro atoms. The van der Waals surface area contributed by atoms with Gasteiger partial charge in [0.15, 0.2) is 0 Å². The predicted octanol–water partition coefficient (Wildman–Crippen LogP) is 5.58. The van der Waals surface area contributed by atoms with Gasteiger partial charge in [0.1, 0.15) is 0 Å². The topological polar surface area (TPSA) is 70.7 Å². The van der Waals surface area contributed by atoms with Gasteiger partial charge < -0.3 is 5.32 Å². The van der Waals surface area contributed by atoms with Crippen molar-refractivity contribution in [3.63, 3.8) is 0 Å². The van der Waals surface area contributed by atoms with E-state index in [1.165, 1.54) is 0 Å². The summed E-state index contributed by atoms with van der Waals surface area (Å²) in [5, 5.41) is 16.7. The molecule has 1 aromatic heterocycles. The van der Waals surface area contributed by atoms with E-state index in [9.17, 15) is 4.79 Å². The van der Waals surface area contributed by atoms with Crippen molar-refractivity contribution >= 4 is 17.7 Å². The molecule has 0 aliphatic rings. The molecule has 4 rings (SSSR count). The fourth-order valence-corrected chi connectivity index (χ4v) is 4.64. The highest BCUT2D eigenvalue weighted by atomic mass is 32.2. The first-order chi connectivity index (χ1) is 16.1. The number of carbonyl (C=O) groups is 1. The molecule has 0 fully saturated rings. The zero-order valence-electron chi connectivity index (χ0n) is 18.6. The first-order valence-corrected chi connectivity index (χ1v) is 11.6. The quantitative estimate of drug-likeness (QED) is 0.372. The molecule has 164 valence electrons. The number of thioether (sulfide) groups is 1. The smallest absolute Gasteiger partial charge is 0.252 e. The molecule has 0 aliphatic heterocycles. The third-order valence-electron chi connectivity index (χ3n) is 5.48. The molecule has 5 nitrogen and oxygen atoms in total. The molecule has 1 N–H and O–H groups in total. The summed E-state index contributed by atoms with van der Waals surface area (Å²) in [4.78, 5) is 14.0. The first-order valence-electron chi connectivity index (χ1n) is 10.7. The van der Waals surface area contributed by atoms with Gasteiger partial charge in [0, 0.05) is 28.5 Å². The second-order valence-corrected chi connectivity index (χ2v) is 8.69. The van der Waals surface area contributed by atoms with Crippen LogP contribution in [-0.2, 0) is 12.3 Å². The van der Waals surface area contributed by atoms with Crippen molar-refractivity contribution in [1.29, 1.82) is 5.26 Å². The summed E-state index contributed by atoms with van der Waals surface area (Å²) in [6, 6.07) is 27.3. The Bertz CT molecular complexity index is 1300. The lowest BCUT2D eigenvalue weighted by molar-refractivity contribution is 0.0948. The van der Waals surface area contributed by atoms with Gasteiger partial charge >= 0.3 is 0 Å². The van der Waals surface area contributed by atoms with Crippen LogP contribution in [0.25, 0.3) is 5.69 Å². The number of aryl methyl sites for hydroxylation is 1. The minimum absolute atomic E-state index is 0.107. The molecule has 1 amide bonds. The van der Waals surface area contributed by atoms with E-state index in [4.69, 9.17) is 5.26 Å². The van der Waals surface area contributed by atoms with Crippen LogP contribution < -0.4 is 5.32 Å². The summed E-state index contributed by atoms with van der Waals surface area (Å²) in [6.45, 7) is 4.41. The highest BCUT2D eigenvalue weighted by molar-refractivity contribution is 7.98. The Kier molecular flexibility index (Phi) is 6.92. The lowest BCUT2D eigenvalue weighted by Gasteiger charge is -2.11. The lowest BCUT2D eigenvalue weighted by Crippen LogP contribution is -2.24. The molecule has 3 aromatic carbocycles. The van der Waals surface area contributed by atoms with Gasteiger partial charge in [0.05, 0.1) is 28.6 Å². The van der Waals surface area contributed by atoms with Crippen molar-refractivity contribution in [2.75, 3.05) is 0 Å². The van der Waals surface area contributed by atoms with Gasteiger partial charge in [-0.15, -0.1) is 11.8 Å². The van der Waals surface area contributed by atoms with Gasteiger partial charge in [-0.3, -0.25) is 4.79 Å².